The molecule has 0 radical (unpaired) electrons. The molecule has 3 rings (SSSR count). The van der Waals surface area contributed by atoms with Gasteiger partial charge in [-0.1, -0.05) is 31.5 Å². The highest BCUT2D eigenvalue weighted by atomic mass is 32.2. The molecule has 0 unspecified atom stereocenters. The number of carbonyl (C=O) groups is 3. The maximum atomic E-state index is 12.3. The minimum absolute atomic E-state index is 0.160. The average Bonchev–Trinajstić information content (AvgIpc) is 2.85. The fraction of sp³-hybridized carbons (Fsp3) is 0.192. The number of nitrogens with one attached hydrogen (secondary N) is 3. The quantitative estimate of drug-likeness (QED) is 0.189. The molecule has 0 aliphatic heterocycles. The van der Waals surface area contributed by atoms with Gasteiger partial charge in [0.15, 0.2) is 0 Å². The van der Waals surface area contributed by atoms with Gasteiger partial charge in [0.25, 0.3) is 0 Å². The standard InChI is InChI=1S/C26H27N3O4S/c1-2-3-17-33-25(31)19-9-11-21(12-10-19)27-24(30)18-34-23-15-13-22(14-16-23)29-26(32)28-20-7-5-4-6-8-20/h4-16H,2-3,17-18H2,1H3,(H,27,30)(H2,28,29,32). The summed E-state index contributed by atoms with van der Waals surface area (Å²) in [6, 6.07) is 22.7. The van der Waals surface area contributed by atoms with Crippen LogP contribution in [0.1, 0.15) is 30.1 Å². The average molecular weight is 478 g/mol. The van der Waals surface area contributed by atoms with E-state index in [1.54, 1.807) is 48.5 Å². The Bertz CT molecular complexity index is 1090. The number of esters is 1. The zero-order valence-corrected chi connectivity index (χ0v) is 19.7. The molecule has 176 valence electrons. The Morgan fingerprint density at radius 2 is 1.35 bits per heavy atom. The molecule has 0 fully saturated rings. The Balaban J connectivity index is 1.41. The van der Waals surface area contributed by atoms with Crippen molar-refractivity contribution < 1.29 is 19.1 Å². The highest BCUT2D eigenvalue weighted by Gasteiger charge is 2.09. The van der Waals surface area contributed by atoms with E-state index in [1.807, 2.05) is 37.3 Å². The second-order valence-corrected chi connectivity index (χ2v) is 8.42. The first kappa shape index (κ1) is 24.9. The lowest BCUT2D eigenvalue weighted by atomic mass is 10.2. The molecule has 7 nitrogen and oxygen atoms in total. The zero-order chi connectivity index (χ0) is 24.2. The Kier molecular flexibility index (Phi) is 9.54. The molecule has 0 atom stereocenters. The summed E-state index contributed by atoms with van der Waals surface area (Å²) in [5.41, 5.74) is 2.42. The first-order valence-electron chi connectivity index (χ1n) is 11.0. The molecule has 0 heterocycles. The summed E-state index contributed by atoms with van der Waals surface area (Å²) in [6.07, 6.45) is 1.80. The van der Waals surface area contributed by atoms with E-state index in [-0.39, 0.29) is 23.7 Å². The molecular weight excluding hydrogens is 450 g/mol. The first-order valence-corrected chi connectivity index (χ1v) is 11.9. The molecule has 0 saturated carbocycles. The lowest BCUT2D eigenvalue weighted by molar-refractivity contribution is -0.113. The van der Waals surface area contributed by atoms with E-state index in [9.17, 15) is 14.4 Å². The maximum Gasteiger partial charge on any atom is 0.338 e. The van der Waals surface area contributed by atoms with Crippen LogP contribution in [0, 0.1) is 0 Å². The van der Waals surface area contributed by atoms with Crippen molar-refractivity contribution in [2.24, 2.45) is 0 Å². The minimum atomic E-state index is -0.364. The zero-order valence-electron chi connectivity index (χ0n) is 18.9. The van der Waals surface area contributed by atoms with Gasteiger partial charge in [0.1, 0.15) is 0 Å². The summed E-state index contributed by atoms with van der Waals surface area (Å²) in [4.78, 5) is 37.2. The second kappa shape index (κ2) is 13.1. The third-order valence-corrected chi connectivity index (χ3v) is 5.66. The van der Waals surface area contributed by atoms with Crippen molar-refractivity contribution >= 4 is 46.7 Å². The van der Waals surface area contributed by atoms with Gasteiger partial charge in [0.2, 0.25) is 5.91 Å². The van der Waals surface area contributed by atoms with Gasteiger partial charge in [0.05, 0.1) is 17.9 Å². The van der Waals surface area contributed by atoms with Crippen molar-refractivity contribution in [2.75, 3.05) is 28.3 Å². The number of ether oxygens (including phenoxy) is 1. The first-order chi connectivity index (χ1) is 16.5. The molecule has 8 heteroatoms. The number of thioether (sulfide) groups is 1. The largest absolute Gasteiger partial charge is 0.462 e. The van der Waals surface area contributed by atoms with Crippen molar-refractivity contribution in [3.8, 4) is 0 Å². The number of unbranched alkanes of at least 4 members (excludes halogenated alkanes) is 1. The second-order valence-electron chi connectivity index (χ2n) is 7.37. The van der Waals surface area contributed by atoms with Gasteiger partial charge in [-0.15, -0.1) is 11.8 Å². The number of para-hydroxylation sites is 1. The van der Waals surface area contributed by atoms with Crippen LogP contribution in [0.5, 0.6) is 0 Å². The van der Waals surface area contributed by atoms with Crippen LogP contribution in [0.15, 0.2) is 83.8 Å². The summed E-state index contributed by atoms with van der Waals surface area (Å²) in [5.74, 6) is -0.299. The van der Waals surface area contributed by atoms with Crippen molar-refractivity contribution in [2.45, 2.75) is 24.7 Å². The Morgan fingerprint density at radius 1 is 0.765 bits per heavy atom. The van der Waals surface area contributed by atoms with Crippen LogP contribution in [0.2, 0.25) is 0 Å². The number of amides is 3. The van der Waals surface area contributed by atoms with Gasteiger partial charge in [-0.3, -0.25) is 4.79 Å². The number of rotatable bonds is 10. The predicted molar refractivity (Wildman–Crippen MR) is 137 cm³/mol. The van der Waals surface area contributed by atoms with Crippen molar-refractivity contribution in [1.82, 2.24) is 0 Å². The summed E-state index contributed by atoms with van der Waals surface area (Å²) < 4.78 is 5.18. The van der Waals surface area contributed by atoms with E-state index in [1.165, 1.54) is 11.8 Å². The SMILES string of the molecule is CCCCOC(=O)c1ccc(NC(=O)CSc2ccc(NC(=O)Nc3ccccc3)cc2)cc1. The van der Waals surface area contributed by atoms with Gasteiger partial charge >= 0.3 is 12.0 Å². The Labute approximate surface area is 203 Å². The van der Waals surface area contributed by atoms with Gasteiger partial charge in [-0.2, -0.15) is 0 Å². The van der Waals surface area contributed by atoms with Crippen LogP contribution in [0.4, 0.5) is 21.9 Å². The summed E-state index contributed by atoms with van der Waals surface area (Å²) >= 11 is 1.38. The fourth-order valence-electron chi connectivity index (χ4n) is 2.88. The number of benzene rings is 3. The van der Waals surface area contributed by atoms with E-state index >= 15 is 0 Å². The topological polar surface area (TPSA) is 96.5 Å². The number of hydrogen-bond acceptors (Lipinski definition) is 5. The van der Waals surface area contributed by atoms with Crippen LogP contribution in [-0.2, 0) is 9.53 Å². The molecule has 3 N–H and O–H groups in total. The van der Waals surface area contributed by atoms with E-state index in [0.29, 0.717) is 29.2 Å². The number of urea groups is 1. The van der Waals surface area contributed by atoms with Crippen molar-refractivity contribution in [3.05, 3.63) is 84.4 Å². The Hall–Kier alpha value is -3.78. The predicted octanol–water partition coefficient (Wildman–Crippen LogP) is 6.02. The molecule has 3 aromatic carbocycles. The van der Waals surface area contributed by atoms with Gasteiger partial charge < -0.3 is 20.7 Å². The van der Waals surface area contributed by atoms with E-state index < -0.39 is 0 Å². The van der Waals surface area contributed by atoms with Crippen LogP contribution >= 0.6 is 11.8 Å². The van der Waals surface area contributed by atoms with Gasteiger partial charge in [0, 0.05) is 22.0 Å². The minimum Gasteiger partial charge on any atom is -0.462 e. The van der Waals surface area contributed by atoms with Crippen LogP contribution in [0.3, 0.4) is 0 Å². The van der Waals surface area contributed by atoms with Crippen LogP contribution < -0.4 is 16.0 Å². The third-order valence-electron chi connectivity index (χ3n) is 4.65. The molecule has 0 aromatic heterocycles. The van der Waals surface area contributed by atoms with Gasteiger partial charge in [-0.25, -0.2) is 9.59 Å². The smallest absolute Gasteiger partial charge is 0.338 e. The van der Waals surface area contributed by atoms with E-state index in [0.717, 1.165) is 17.7 Å². The highest BCUT2D eigenvalue weighted by molar-refractivity contribution is 8.00. The molecular formula is C26H27N3O4S. The fourth-order valence-corrected chi connectivity index (χ4v) is 3.58. The lowest BCUT2D eigenvalue weighted by Crippen LogP contribution is -2.19. The molecule has 0 spiro atoms. The van der Waals surface area contributed by atoms with Crippen LogP contribution in [0.25, 0.3) is 0 Å². The maximum absolute atomic E-state index is 12.3. The van der Waals surface area contributed by atoms with E-state index in [4.69, 9.17) is 4.74 Å². The molecule has 0 aliphatic carbocycles. The molecule has 0 aliphatic rings. The number of carbonyl (C=O) groups excluding carboxylic acids is 3. The molecule has 3 amide bonds. The van der Waals surface area contributed by atoms with E-state index in [2.05, 4.69) is 16.0 Å². The molecule has 0 saturated heterocycles. The highest BCUT2D eigenvalue weighted by Crippen LogP contribution is 2.21. The Morgan fingerprint density at radius 3 is 2.00 bits per heavy atom. The van der Waals surface area contributed by atoms with Crippen LogP contribution in [-0.4, -0.2) is 30.3 Å². The molecule has 0 bridgehead atoms. The van der Waals surface area contributed by atoms with Gasteiger partial charge in [-0.05, 0) is 67.1 Å². The monoisotopic (exact) mass is 477 g/mol. The summed E-state index contributed by atoms with van der Waals surface area (Å²) in [5, 5.41) is 8.34. The van der Waals surface area contributed by atoms with Crippen molar-refractivity contribution in [1.29, 1.82) is 0 Å². The summed E-state index contributed by atoms with van der Waals surface area (Å²) in [6.45, 7) is 2.44. The normalized spacial score (nSPS) is 10.3. The molecule has 34 heavy (non-hydrogen) atoms. The van der Waals surface area contributed by atoms with Crippen molar-refractivity contribution in [3.63, 3.8) is 0 Å². The number of anilines is 3. The number of hydrogen-bond donors (Lipinski definition) is 3. The lowest BCUT2D eigenvalue weighted by Gasteiger charge is -2.09. The summed E-state index contributed by atoms with van der Waals surface area (Å²) in [7, 11) is 0. The molecule has 3 aromatic rings. The third kappa shape index (κ3) is 8.29.